The smallest absolute Gasteiger partial charge is 0.405 e. The minimum atomic E-state index is -4.45. The Morgan fingerprint density at radius 1 is 1.43 bits per heavy atom. The molecule has 0 spiro atoms. The zero-order valence-corrected chi connectivity index (χ0v) is 12.4. The van der Waals surface area contributed by atoms with Crippen molar-refractivity contribution >= 4 is 5.91 Å². The average Bonchev–Trinajstić information content (AvgIpc) is 2.81. The van der Waals surface area contributed by atoms with Gasteiger partial charge in [0, 0.05) is 24.1 Å². The molecule has 0 aromatic heterocycles. The fraction of sp³-hybridized carbons (Fsp3) is 0.533. The lowest BCUT2D eigenvalue weighted by atomic mass is 9.85. The van der Waals surface area contributed by atoms with Gasteiger partial charge in [-0.15, -0.1) is 0 Å². The molecule has 1 N–H and O–H groups in total. The minimum absolute atomic E-state index is 0.220. The number of carbonyl (C=O) groups excluding carboxylic acids is 1. The van der Waals surface area contributed by atoms with Gasteiger partial charge in [-0.05, 0) is 25.2 Å². The van der Waals surface area contributed by atoms with Crippen molar-refractivity contribution in [3.05, 3.63) is 29.6 Å². The minimum Gasteiger partial charge on any atom is -0.493 e. The summed E-state index contributed by atoms with van der Waals surface area (Å²) in [5, 5.41) is 1.93. The number of hydrogen-bond acceptors (Lipinski definition) is 3. The maximum Gasteiger partial charge on any atom is 0.405 e. The molecule has 1 aromatic rings. The number of ether oxygens (including phenoxy) is 1. The molecule has 3 atom stereocenters. The Morgan fingerprint density at radius 2 is 2.17 bits per heavy atom. The maximum atomic E-state index is 13.5. The SMILES string of the molecule is CN1C[C@@H](C(=O)NCC(F)(F)F)[C@@H]2COc3ccc(F)cc3[C@@H]21. The van der Waals surface area contributed by atoms with Gasteiger partial charge in [-0.1, -0.05) is 0 Å². The van der Waals surface area contributed by atoms with Gasteiger partial charge in [0.05, 0.1) is 12.5 Å². The van der Waals surface area contributed by atoms with Gasteiger partial charge in [0.15, 0.2) is 0 Å². The van der Waals surface area contributed by atoms with Gasteiger partial charge in [-0.2, -0.15) is 13.2 Å². The summed E-state index contributed by atoms with van der Waals surface area (Å²) in [6.45, 7) is -0.828. The number of nitrogens with one attached hydrogen (secondary N) is 1. The summed E-state index contributed by atoms with van der Waals surface area (Å²) in [5.74, 6) is -1.43. The van der Waals surface area contributed by atoms with Crippen molar-refractivity contribution < 1.29 is 27.1 Å². The van der Waals surface area contributed by atoms with E-state index in [1.54, 1.807) is 7.05 Å². The summed E-state index contributed by atoms with van der Waals surface area (Å²) in [6, 6.07) is 3.95. The van der Waals surface area contributed by atoms with E-state index in [0.717, 1.165) is 0 Å². The predicted molar refractivity (Wildman–Crippen MR) is 73.3 cm³/mol. The van der Waals surface area contributed by atoms with Gasteiger partial charge in [0.1, 0.15) is 18.1 Å². The van der Waals surface area contributed by atoms with Crippen molar-refractivity contribution in [2.45, 2.75) is 12.2 Å². The number of fused-ring (bicyclic) bond motifs is 3. The molecule has 3 rings (SSSR count). The Kier molecular flexibility index (Phi) is 3.95. The summed E-state index contributed by atoms with van der Waals surface area (Å²) in [7, 11) is 1.77. The second-order valence-corrected chi connectivity index (χ2v) is 5.98. The lowest BCUT2D eigenvalue weighted by Crippen LogP contribution is -2.41. The highest BCUT2D eigenvalue weighted by Crippen LogP contribution is 2.46. The molecule has 0 unspecified atom stereocenters. The van der Waals surface area contributed by atoms with Crippen LogP contribution in [0.15, 0.2) is 18.2 Å². The molecule has 4 nitrogen and oxygen atoms in total. The topological polar surface area (TPSA) is 41.6 Å². The number of hydrogen-bond donors (Lipinski definition) is 1. The number of halogens is 4. The molecule has 0 saturated carbocycles. The number of alkyl halides is 3. The van der Waals surface area contributed by atoms with E-state index in [2.05, 4.69) is 0 Å². The first kappa shape index (κ1) is 16.0. The average molecular weight is 332 g/mol. The fourth-order valence-electron chi connectivity index (χ4n) is 3.45. The highest BCUT2D eigenvalue weighted by molar-refractivity contribution is 5.80. The van der Waals surface area contributed by atoms with Crippen LogP contribution in [0.25, 0.3) is 0 Å². The van der Waals surface area contributed by atoms with E-state index in [9.17, 15) is 22.4 Å². The normalized spacial score (nSPS) is 27.1. The molecule has 1 aromatic carbocycles. The Hall–Kier alpha value is -1.83. The van der Waals surface area contributed by atoms with E-state index >= 15 is 0 Å². The third-order valence-electron chi connectivity index (χ3n) is 4.40. The van der Waals surface area contributed by atoms with Crippen molar-refractivity contribution in [1.29, 1.82) is 0 Å². The second-order valence-electron chi connectivity index (χ2n) is 5.98. The first-order valence-electron chi connectivity index (χ1n) is 7.23. The molecule has 23 heavy (non-hydrogen) atoms. The molecule has 126 valence electrons. The van der Waals surface area contributed by atoms with Crippen LogP contribution in [0, 0.1) is 17.7 Å². The van der Waals surface area contributed by atoms with Crippen molar-refractivity contribution in [3.63, 3.8) is 0 Å². The van der Waals surface area contributed by atoms with E-state index in [-0.39, 0.29) is 18.6 Å². The molecular formula is C15H16F4N2O2. The largest absolute Gasteiger partial charge is 0.493 e. The number of rotatable bonds is 2. The number of nitrogens with zero attached hydrogens (tertiary/aromatic N) is 1. The van der Waals surface area contributed by atoms with E-state index in [1.807, 2.05) is 10.2 Å². The highest BCUT2D eigenvalue weighted by atomic mass is 19.4. The van der Waals surface area contributed by atoms with Crippen LogP contribution in [0.5, 0.6) is 5.75 Å². The van der Waals surface area contributed by atoms with E-state index in [4.69, 9.17) is 4.74 Å². The molecule has 2 aliphatic rings. The van der Waals surface area contributed by atoms with Crippen LogP contribution in [-0.4, -0.2) is 43.7 Å². The number of likely N-dealkylation sites (tertiary alicyclic amines) is 1. The molecule has 2 heterocycles. The highest BCUT2D eigenvalue weighted by Gasteiger charge is 2.48. The Bertz CT molecular complexity index is 620. The molecule has 0 radical (unpaired) electrons. The summed E-state index contributed by atoms with van der Waals surface area (Å²) in [4.78, 5) is 14.0. The molecule has 0 aliphatic carbocycles. The standard InChI is InChI=1S/C15H16F4N2O2/c1-21-5-10(14(22)20-7-15(17,18)19)11-6-23-12-3-2-8(16)4-9(12)13(11)21/h2-4,10-11,13H,5-7H2,1H3,(H,20,22)/t10-,11+,13+/m1/s1. The van der Waals surface area contributed by atoms with Gasteiger partial charge < -0.3 is 10.1 Å². The second kappa shape index (κ2) is 5.67. The van der Waals surface area contributed by atoms with Crippen LogP contribution < -0.4 is 10.1 Å². The van der Waals surface area contributed by atoms with Crippen LogP contribution in [0.3, 0.4) is 0 Å². The lowest BCUT2D eigenvalue weighted by molar-refractivity contribution is -0.141. The van der Waals surface area contributed by atoms with Gasteiger partial charge in [0.2, 0.25) is 5.91 Å². The molecule has 0 bridgehead atoms. The van der Waals surface area contributed by atoms with Gasteiger partial charge in [-0.3, -0.25) is 9.69 Å². The molecule has 2 aliphatic heterocycles. The Balaban J connectivity index is 1.80. The number of carbonyl (C=O) groups is 1. The quantitative estimate of drug-likeness (QED) is 0.844. The molecule has 1 saturated heterocycles. The molecule has 1 fully saturated rings. The zero-order chi connectivity index (χ0) is 16.8. The first-order chi connectivity index (χ1) is 10.8. The van der Waals surface area contributed by atoms with Crippen LogP contribution in [0.2, 0.25) is 0 Å². The van der Waals surface area contributed by atoms with Crippen molar-refractivity contribution in [2.75, 3.05) is 26.7 Å². The third kappa shape index (κ3) is 3.12. The number of amides is 1. The summed E-state index contributed by atoms with van der Waals surface area (Å²) >= 11 is 0. The summed E-state index contributed by atoms with van der Waals surface area (Å²) in [5.41, 5.74) is 0.634. The molecule has 1 amide bonds. The predicted octanol–water partition coefficient (Wildman–Crippen LogP) is 2.12. The van der Waals surface area contributed by atoms with Crippen LogP contribution in [-0.2, 0) is 4.79 Å². The van der Waals surface area contributed by atoms with Crippen molar-refractivity contribution in [1.82, 2.24) is 10.2 Å². The zero-order valence-electron chi connectivity index (χ0n) is 12.4. The van der Waals surface area contributed by atoms with Crippen LogP contribution in [0.1, 0.15) is 11.6 Å². The summed E-state index contributed by atoms with van der Waals surface area (Å²) in [6.07, 6.45) is -4.45. The van der Waals surface area contributed by atoms with Gasteiger partial charge in [0.25, 0.3) is 0 Å². The van der Waals surface area contributed by atoms with Crippen LogP contribution in [0.4, 0.5) is 17.6 Å². The third-order valence-corrected chi connectivity index (χ3v) is 4.40. The van der Waals surface area contributed by atoms with E-state index in [1.165, 1.54) is 18.2 Å². The van der Waals surface area contributed by atoms with Gasteiger partial charge >= 0.3 is 6.18 Å². The van der Waals surface area contributed by atoms with Crippen molar-refractivity contribution in [2.24, 2.45) is 11.8 Å². The number of benzene rings is 1. The maximum absolute atomic E-state index is 13.5. The Morgan fingerprint density at radius 3 is 2.87 bits per heavy atom. The Labute approximate surface area is 130 Å². The van der Waals surface area contributed by atoms with Crippen LogP contribution >= 0.6 is 0 Å². The van der Waals surface area contributed by atoms with E-state index < -0.39 is 30.4 Å². The molecule has 8 heteroatoms. The monoisotopic (exact) mass is 332 g/mol. The first-order valence-corrected chi connectivity index (χ1v) is 7.23. The molecular weight excluding hydrogens is 316 g/mol. The van der Waals surface area contributed by atoms with E-state index in [0.29, 0.717) is 17.9 Å². The van der Waals surface area contributed by atoms with Crippen molar-refractivity contribution in [3.8, 4) is 5.75 Å². The van der Waals surface area contributed by atoms with Gasteiger partial charge in [-0.25, -0.2) is 4.39 Å². The fourth-order valence-corrected chi connectivity index (χ4v) is 3.45. The summed E-state index contributed by atoms with van der Waals surface area (Å²) < 4.78 is 55.9. The lowest BCUT2D eigenvalue weighted by Gasteiger charge is -2.33.